The highest BCUT2D eigenvalue weighted by Gasteiger charge is 2.22. The van der Waals surface area contributed by atoms with Crippen LogP contribution in [0.25, 0.3) is 0 Å². The van der Waals surface area contributed by atoms with Crippen LogP contribution < -0.4 is 25.8 Å². The number of ether oxygens (including phenoxy) is 2. The highest BCUT2D eigenvalue weighted by molar-refractivity contribution is 6.30. The van der Waals surface area contributed by atoms with Crippen molar-refractivity contribution < 1.29 is 23.9 Å². The van der Waals surface area contributed by atoms with Gasteiger partial charge in [0.1, 0.15) is 19.3 Å². The molecule has 31 heavy (non-hydrogen) atoms. The molecule has 3 amide bonds. The number of rotatable bonds is 9. The van der Waals surface area contributed by atoms with Gasteiger partial charge in [-0.05, 0) is 54.8 Å². The fourth-order valence-electron chi connectivity index (χ4n) is 3.09. The molecule has 1 aliphatic heterocycles. The topological polar surface area (TPSA) is 120 Å². The minimum Gasteiger partial charge on any atom is -0.486 e. The number of hydrogen-bond acceptors (Lipinski definition) is 5. The molecule has 1 heterocycles. The molecule has 0 radical (unpaired) electrons. The molecule has 9 heteroatoms. The Kier molecular flexibility index (Phi) is 7.72. The molecule has 1 aliphatic rings. The summed E-state index contributed by atoms with van der Waals surface area (Å²) < 4.78 is 11.1. The lowest BCUT2D eigenvalue weighted by atomic mass is 10.1. The lowest BCUT2D eigenvalue weighted by Crippen LogP contribution is -2.47. The smallest absolute Gasteiger partial charge is 0.251 e. The molecular formula is C22H24ClN3O5. The summed E-state index contributed by atoms with van der Waals surface area (Å²) in [6.07, 6.45) is 0.641. The SMILES string of the molecule is NC(=O)CC[C@H](NC(=O)c1ccc(Cl)cc1)C(=O)NCCc1ccc2c(c1)OCCO2. The molecule has 164 valence electrons. The molecule has 4 N–H and O–H groups in total. The van der Waals surface area contributed by atoms with Crippen LogP contribution in [0.1, 0.15) is 28.8 Å². The first-order valence-electron chi connectivity index (χ1n) is 9.93. The lowest BCUT2D eigenvalue weighted by molar-refractivity contribution is -0.123. The first-order valence-corrected chi connectivity index (χ1v) is 10.3. The second kappa shape index (κ2) is 10.7. The molecule has 0 saturated carbocycles. The van der Waals surface area contributed by atoms with Crippen LogP contribution in [0.5, 0.6) is 11.5 Å². The molecule has 0 unspecified atom stereocenters. The number of nitrogens with one attached hydrogen (secondary N) is 2. The van der Waals surface area contributed by atoms with E-state index in [1.165, 1.54) is 0 Å². The lowest BCUT2D eigenvalue weighted by Gasteiger charge is -2.19. The van der Waals surface area contributed by atoms with E-state index in [0.717, 1.165) is 5.56 Å². The fourth-order valence-corrected chi connectivity index (χ4v) is 3.22. The number of primary amides is 1. The van der Waals surface area contributed by atoms with Crippen molar-refractivity contribution in [1.82, 2.24) is 10.6 Å². The van der Waals surface area contributed by atoms with E-state index in [4.69, 9.17) is 26.8 Å². The number of hydrogen-bond donors (Lipinski definition) is 3. The number of carbonyl (C=O) groups is 3. The maximum atomic E-state index is 12.7. The number of nitrogens with two attached hydrogens (primary N) is 1. The predicted molar refractivity (Wildman–Crippen MR) is 115 cm³/mol. The number of benzene rings is 2. The summed E-state index contributed by atoms with van der Waals surface area (Å²) in [6.45, 7) is 1.38. The quantitative estimate of drug-likeness (QED) is 0.544. The van der Waals surface area contributed by atoms with Crippen LogP contribution in [-0.2, 0) is 16.0 Å². The normalized spacial score (nSPS) is 13.2. The maximum Gasteiger partial charge on any atom is 0.251 e. The molecule has 0 spiro atoms. The van der Waals surface area contributed by atoms with E-state index >= 15 is 0 Å². The second-order valence-electron chi connectivity index (χ2n) is 7.06. The van der Waals surface area contributed by atoms with Gasteiger partial charge in [0, 0.05) is 23.6 Å². The Hall–Kier alpha value is -3.26. The van der Waals surface area contributed by atoms with Crippen LogP contribution in [0, 0.1) is 0 Å². The molecule has 0 aliphatic carbocycles. The standard InChI is InChI=1S/C22H24ClN3O5/c23-16-4-2-15(3-5-16)21(28)26-17(6-8-20(24)27)22(29)25-10-9-14-1-7-18-19(13-14)31-12-11-30-18/h1-5,7,13,17H,6,8-12H2,(H2,24,27)(H,25,29)(H,26,28)/t17-/m0/s1. The van der Waals surface area contributed by atoms with Gasteiger partial charge in [0.15, 0.2) is 11.5 Å². The summed E-state index contributed by atoms with van der Waals surface area (Å²) in [7, 11) is 0. The van der Waals surface area contributed by atoms with Crippen molar-refractivity contribution in [3.05, 3.63) is 58.6 Å². The van der Waals surface area contributed by atoms with Gasteiger partial charge in [-0.3, -0.25) is 14.4 Å². The number of halogens is 1. The Balaban J connectivity index is 1.56. The summed E-state index contributed by atoms with van der Waals surface area (Å²) in [6, 6.07) is 11.0. The second-order valence-corrected chi connectivity index (χ2v) is 7.49. The molecule has 1 atom stereocenters. The first kappa shape index (κ1) is 22.4. The summed E-state index contributed by atoms with van der Waals surface area (Å²) in [5, 5.41) is 5.96. The van der Waals surface area contributed by atoms with Crippen LogP contribution in [-0.4, -0.2) is 43.5 Å². The van der Waals surface area contributed by atoms with Gasteiger partial charge in [0.25, 0.3) is 5.91 Å². The van der Waals surface area contributed by atoms with E-state index < -0.39 is 17.9 Å². The molecule has 2 aromatic rings. The van der Waals surface area contributed by atoms with Crippen molar-refractivity contribution >= 4 is 29.3 Å². The molecule has 0 saturated heterocycles. The molecule has 0 bridgehead atoms. The monoisotopic (exact) mass is 445 g/mol. The van der Waals surface area contributed by atoms with E-state index in [2.05, 4.69) is 10.6 Å². The van der Waals surface area contributed by atoms with E-state index in [0.29, 0.717) is 48.3 Å². The average molecular weight is 446 g/mol. The van der Waals surface area contributed by atoms with Crippen LogP contribution in [0.3, 0.4) is 0 Å². The Morgan fingerprint density at radius 3 is 2.45 bits per heavy atom. The third-order valence-corrected chi connectivity index (χ3v) is 4.98. The van der Waals surface area contributed by atoms with Gasteiger partial charge < -0.3 is 25.8 Å². The molecular weight excluding hydrogens is 422 g/mol. The van der Waals surface area contributed by atoms with E-state index in [1.807, 2.05) is 18.2 Å². The van der Waals surface area contributed by atoms with Crippen molar-refractivity contribution in [2.24, 2.45) is 5.73 Å². The Morgan fingerprint density at radius 2 is 1.74 bits per heavy atom. The van der Waals surface area contributed by atoms with E-state index in [9.17, 15) is 14.4 Å². The minimum absolute atomic E-state index is 0.0266. The van der Waals surface area contributed by atoms with E-state index in [-0.39, 0.29) is 18.7 Å². The van der Waals surface area contributed by atoms with Gasteiger partial charge in [-0.1, -0.05) is 17.7 Å². The Morgan fingerprint density at radius 1 is 1.03 bits per heavy atom. The zero-order valence-corrected chi connectivity index (χ0v) is 17.6. The van der Waals surface area contributed by atoms with Crippen molar-refractivity contribution in [1.29, 1.82) is 0 Å². The van der Waals surface area contributed by atoms with Crippen molar-refractivity contribution in [2.75, 3.05) is 19.8 Å². The number of fused-ring (bicyclic) bond motifs is 1. The number of amides is 3. The first-order chi connectivity index (χ1) is 14.9. The van der Waals surface area contributed by atoms with Crippen LogP contribution in [0.15, 0.2) is 42.5 Å². The molecule has 2 aromatic carbocycles. The fraction of sp³-hybridized carbons (Fsp3) is 0.318. The van der Waals surface area contributed by atoms with E-state index in [1.54, 1.807) is 24.3 Å². The Bertz CT molecular complexity index is 949. The average Bonchev–Trinajstić information content (AvgIpc) is 2.76. The van der Waals surface area contributed by atoms with Gasteiger partial charge in [-0.25, -0.2) is 0 Å². The third-order valence-electron chi connectivity index (χ3n) is 4.73. The third kappa shape index (κ3) is 6.62. The molecule has 8 nitrogen and oxygen atoms in total. The van der Waals surface area contributed by atoms with Crippen LogP contribution >= 0.6 is 11.6 Å². The van der Waals surface area contributed by atoms with Crippen molar-refractivity contribution in [2.45, 2.75) is 25.3 Å². The summed E-state index contributed by atoms with van der Waals surface area (Å²) in [5.41, 5.74) is 6.55. The summed E-state index contributed by atoms with van der Waals surface area (Å²) in [5.74, 6) is 0.0177. The molecule has 0 fully saturated rings. The van der Waals surface area contributed by atoms with Crippen molar-refractivity contribution in [3.63, 3.8) is 0 Å². The minimum atomic E-state index is -0.893. The molecule has 3 rings (SSSR count). The maximum absolute atomic E-state index is 12.7. The van der Waals surface area contributed by atoms with Crippen LogP contribution in [0.2, 0.25) is 5.02 Å². The zero-order valence-electron chi connectivity index (χ0n) is 16.9. The van der Waals surface area contributed by atoms with Gasteiger partial charge >= 0.3 is 0 Å². The van der Waals surface area contributed by atoms with Gasteiger partial charge in [0.2, 0.25) is 11.8 Å². The summed E-state index contributed by atoms with van der Waals surface area (Å²) >= 11 is 5.84. The zero-order chi connectivity index (χ0) is 22.2. The van der Waals surface area contributed by atoms with Gasteiger partial charge in [-0.2, -0.15) is 0 Å². The van der Waals surface area contributed by atoms with Gasteiger partial charge in [0.05, 0.1) is 0 Å². The summed E-state index contributed by atoms with van der Waals surface area (Å²) in [4.78, 5) is 36.3. The van der Waals surface area contributed by atoms with Gasteiger partial charge in [-0.15, -0.1) is 0 Å². The number of carbonyl (C=O) groups excluding carboxylic acids is 3. The molecule has 0 aromatic heterocycles. The van der Waals surface area contributed by atoms with Crippen LogP contribution in [0.4, 0.5) is 0 Å². The predicted octanol–water partition coefficient (Wildman–Crippen LogP) is 1.83. The highest BCUT2D eigenvalue weighted by Crippen LogP contribution is 2.30. The van der Waals surface area contributed by atoms with Crippen molar-refractivity contribution in [3.8, 4) is 11.5 Å². The largest absolute Gasteiger partial charge is 0.486 e. The highest BCUT2D eigenvalue weighted by atomic mass is 35.5. The Labute approximate surface area is 185 Å².